The number of likely N-dealkylation sites (tertiary alicyclic amines) is 1. The Kier molecular flexibility index (Phi) is 12.0. The molecule has 0 saturated carbocycles. The fraction of sp³-hybridized carbons (Fsp3) is 0.690. The number of amides is 4. The van der Waals surface area contributed by atoms with Gasteiger partial charge in [-0.25, -0.2) is 9.69 Å². The van der Waals surface area contributed by atoms with Gasteiger partial charge in [-0.2, -0.15) is 0 Å². The first kappa shape index (κ1) is 30.8. The van der Waals surface area contributed by atoms with Gasteiger partial charge < -0.3 is 19.9 Å². The van der Waals surface area contributed by atoms with Crippen LogP contribution in [0.15, 0.2) is 24.3 Å². The van der Waals surface area contributed by atoms with Crippen LogP contribution in [0.3, 0.4) is 0 Å². The number of hydrogen-bond acceptors (Lipinski definition) is 5. The first-order valence-electron chi connectivity index (χ1n) is 14.0. The number of aryl methyl sites for hydroxylation is 1. The zero-order valence-electron chi connectivity index (χ0n) is 24.0. The lowest BCUT2D eigenvalue weighted by atomic mass is 9.72. The fourth-order valence-corrected chi connectivity index (χ4v) is 5.10. The van der Waals surface area contributed by atoms with Crippen molar-refractivity contribution < 1.29 is 19.1 Å². The second-order valence-corrected chi connectivity index (χ2v) is 9.90. The number of carbonyl (C=O) groups excluding carboxylic acids is 3. The number of likely N-dealkylation sites (N-methyl/N-ethyl adjacent to an activating group) is 2. The molecule has 1 aromatic carbocycles. The molecule has 8 heteroatoms. The van der Waals surface area contributed by atoms with Gasteiger partial charge in [0.25, 0.3) is 0 Å². The minimum absolute atomic E-state index is 0.126. The predicted octanol–water partition coefficient (Wildman–Crippen LogP) is 4.73. The van der Waals surface area contributed by atoms with Crippen LogP contribution in [0.1, 0.15) is 84.4 Å². The van der Waals surface area contributed by atoms with E-state index in [1.54, 1.807) is 4.90 Å². The molecule has 0 aliphatic carbocycles. The normalized spacial score (nSPS) is 17.5. The third-order valence-electron chi connectivity index (χ3n) is 7.87. The number of ether oxygens (including phenoxy) is 1. The second kappa shape index (κ2) is 14.5. The van der Waals surface area contributed by atoms with Crippen molar-refractivity contribution in [2.75, 3.05) is 39.3 Å². The molecule has 208 valence electrons. The average Bonchev–Trinajstić information content (AvgIpc) is 2.90. The van der Waals surface area contributed by atoms with E-state index < -0.39 is 17.7 Å². The average molecular weight is 517 g/mol. The van der Waals surface area contributed by atoms with Crippen molar-refractivity contribution >= 4 is 17.8 Å². The smallest absolute Gasteiger partial charge is 0.326 e. The maximum atomic E-state index is 13.4. The lowest BCUT2D eigenvalue weighted by molar-refractivity contribution is -0.212. The number of urea groups is 1. The topological polar surface area (TPSA) is 82.2 Å². The molecule has 1 heterocycles. The Bertz CT molecular complexity index is 880. The van der Waals surface area contributed by atoms with Gasteiger partial charge in [-0.1, -0.05) is 70.9 Å². The Morgan fingerprint density at radius 1 is 1.00 bits per heavy atom. The summed E-state index contributed by atoms with van der Waals surface area (Å²) in [4.78, 5) is 44.9. The van der Waals surface area contributed by atoms with Gasteiger partial charge in [0, 0.05) is 19.6 Å². The number of benzene rings is 1. The molecule has 1 N–H and O–H groups in total. The zero-order chi connectivity index (χ0) is 27.6. The molecule has 1 aliphatic rings. The van der Waals surface area contributed by atoms with Gasteiger partial charge in [-0.15, -0.1) is 0 Å². The van der Waals surface area contributed by atoms with Gasteiger partial charge in [-0.3, -0.25) is 9.59 Å². The summed E-state index contributed by atoms with van der Waals surface area (Å²) in [5, 5.41) is 3.05. The molecule has 4 amide bonds. The lowest BCUT2D eigenvalue weighted by Gasteiger charge is -2.53. The molecule has 2 rings (SSSR count). The minimum Gasteiger partial charge on any atom is -0.347 e. The van der Waals surface area contributed by atoms with Gasteiger partial charge in [0.1, 0.15) is 6.61 Å². The molecule has 0 bridgehead atoms. The summed E-state index contributed by atoms with van der Waals surface area (Å²) < 4.78 is 6.09. The fourth-order valence-electron chi connectivity index (χ4n) is 5.10. The van der Waals surface area contributed by atoms with E-state index >= 15 is 0 Å². The van der Waals surface area contributed by atoms with E-state index in [0.29, 0.717) is 25.9 Å². The molecule has 0 aromatic heterocycles. The van der Waals surface area contributed by atoms with Crippen molar-refractivity contribution in [3.05, 3.63) is 35.4 Å². The summed E-state index contributed by atoms with van der Waals surface area (Å²) >= 11 is 0. The molecule has 1 saturated heterocycles. The van der Waals surface area contributed by atoms with Gasteiger partial charge in [0.05, 0.1) is 11.5 Å². The largest absolute Gasteiger partial charge is 0.347 e. The van der Waals surface area contributed by atoms with Crippen molar-refractivity contribution in [2.24, 2.45) is 5.41 Å². The van der Waals surface area contributed by atoms with Crippen LogP contribution in [0.4, 0.5) is 4.79 Å². The van der Waals surface area contributed by atoms with Crippen molar-refractivity contribution in [1.29, 1.82) is 0 Å². The number of carbonyl (C=O) groups is 3. The molecule has 2 atom stereocenters. The summed E-state index contributed by atoms with van der Waals surface area (Å²) in [6, 6.07) is 7.40. The van der Waals surface area contributed by atoms with Crippen LogP contribution in [0.2, 0.25) is 0 Å². The Labute approximate surface area is 223 Å². The number of nitrogens with one attached hydrogen (secondary N) is 1. The van der Waals surface area contributed by atoms with E-state index in [0.717, 1.165) is 43.6 Å². The number of imide groups is 1. The van der Waals surface area contributed by atoms with Crippen molar-refractivity contribution in [1.82, 2.24) is 20.0 Å². The molecule has 0 spiro atoms. The Balaban J connectivity index is 2.14. The number of rotatable bonds is 15. The molecule has 1 fully saturated rings. The van der Waals surface area contributed by atoms with Gasteiger partial charge in [-0.05, 0) is 51.8 Å². The van der Waals surface area contributed by atoms with Gasteiger partial charge in [0.15, 0.2) is 6.23 Å². The summed E-state index contributed by atoms with van der Waals surface area (Å²) in [6.45, 7) is 17.8. The van der Waals surface area contributed by atoms with E-state index in [-0.39, 0.29) is 24.5 Å². The quantitative estimate of drug-likeness (QED) is 0.341. The highest BCUT2D eigenvalue weighted by molar-refractivity contribution is 6.03. The van der Waals surface area contributed by atoms with E-state index in [1.165, 1.54) is 4.90 Å². The maximum Gasteiger partial charge on any atom is 0.326 e. The summed E-state index contributed by atoms with van der Waals surface area (Å²) in [5.41, 5.74) is 1.36. The van der Waals surface area contributed by atoms with E-state index in [9.17, 15) is 14.4 Å². The van der Waals surface area contributed by atoms with Gasteiger partial charge >= 0.3 is 6.03 Å². The van der Waals surface area contributed by atoms with Gasteiger partial charge in [0.2, 0.25) is 11.8 Å². The van der Waals surface area contributed by atoms with Crippen LogP contribution >= 0.6 is 0 Å². The number of hydrogen-bond donors (Lipinski definition) is 1. The van der Waals surface area contributed by atoms with Crippen LogP contribution in [0.25, 0.3) is 0 Å². The molecular weight excluding hydrogens is 468 g/mol. The number of nitrogens with zero attached hydrogens (tertiary/aromatic N) is 3. The third-order valence-corrected chi connectivity index (χ3v) is 7.87. The summed E-state index contributed by atoms with van der Waals surface area (Å²) in [6.07, 6.45) is 1.96. The maximum absolute atomic E-state index is 13.4. The Morgan fingerprint density at radius 2 is 1.62 bits per heavy atom. The van der Waals surface area contributed by atoms with Crippen molar-refractivity contribution in [2.45, 2.75) is 86.4 Å². The van der Waals surface area contributed by atoms with E-state index in [1.807, 2.05) is 52.0 Å². The molecule has 8 nitrogen and oxygen atoms in total. The highest BCUT2D eigenvalue weighted by Crippen LogP contribution is 2.46. The summed E-state index contributed by atoms with van der Waals surface area (Å²) in [7, 11) is 0. The Morgan fingerprint density at radius 3 is 2.14 bits per heavy atom. The second-order valence-electron chi connectivity index (χ2n) is 9.90. The highest BCUT2D eigenvalue weighted by atomic mass is 16.5. The molecule has 0 radical (unpaired) electrons. The van der Waals surface area contributed by atoms with Crippen LogP contribution < -0.4 is 5.32 Å². The molecule has 37 heavy (non-hydrogen) atoms. The first-order chi connectivity index (χ1) is 17.7. The SMILES string of the molecule is CCCC(NC(=O)N1C(=O)C(CC)(CC)C1OCC(=O)N(CC)CCN(CC)CC)c1ccc(C)cc1. The van der Waals surface area contributed by atoms with E-state index in [2.05, 4.69) is 31.0 Å². The monoisotopic (exact) mass is 516 g/mol. The number of β-lactam (4-membered cyclic amide) rings is 1. The minimum atomic E-state index is -0.792. The van der Waals surface area contributed by atoms with Crippen molar-refractivity contribution in [3.63, 3.8) is 0 Å². The zero-order valence-corrected chi connectivity index (χ0v) is 24.0. The Hall–Kier alpha value is -2.45. The third kappa shape index (κ3) is 7.11. The standard InChI is InChI=1S/C29H48N4O4/c1-8-14-24(23-17-15-22(7)16-18-23)30-28(36)33-26(35)29(9-2,10-3)27(33)37-21-25(34)32(13-6)20-19-31(11-4)12-5/h15-18,24,27H,8-14,19-21H2,1-7H3,(H,30,36). The molecular formula is C29H48N4O4. The molecule has 1 aromatic rings. The van der Waals surface area contributed by atoms with Crippen molar-refractivity contribution in [3.8, 4) is 0 Å². The molecule has 2 unspecified atom stereocenters. The van der Waals surface area contributed by atoms with Crippen LogP contribution in [-0.2, 0) is 14.3 Å². The van der Waals surface area contributed by atoms with E-state index in [4.69, 9.17) is 4.74 Å². The lowest BCUT2D eigenvalue weighted by Crippen LogP contribution is -2.72. The molecule has 1 aliphatic heterocycles. The van der Waals surface area contributed by atoms with Crippen LogP contribution in [0, 0.1) is 12.3 Å². The van der Waals surface area contributed by atoms with Crippen LogP contribution in [0.5, 0.6) is 0 Å². The highest BCUT2D eigenvalue weighted by Gasteiger charge is 2.62. The van der Waals surface area contributed by atoms with Crippen LogP contribution in [-0.4, -0.2) is 78.1 Å². The predicted molar refractivity (Wildman–Crippen MR) is 147 cm³/mol. The summed E-state index contributed by atoms with van der Waals surface area (Å²) in [5.74, 6) is -0.362. The first-order valence-corrected chi connectivity index (χ1v) is 14.0.